The van der Waals surface area contributed by atoms with Crippen molar-refractivity contribution in [2.45, 2.75) is 46.5 Å². The van der Waals surface area contributed by atoms with E-state index < -0.39 is 0 Å². The molecule has 0 aromatic heterocycles. The number of hydrogen-bond acceptors (Lipinski definition) is 4. The summed E-state index contributed by atoms with van der Waals surface area (Å²) in [5.74, 6) is 0.869. The Kier molecular flexibility index (Phi) is 8.05. The molecule has 0 aliphatic carbocycles. The molecule has 0 unspecified atom stereocenters. The Labute approximate surface area is 167 Å². The van der Waals surface area contributed by atoms with Crippen molar-refractivity contribution in [2.24, 2.45) is 0 Å². The molecule has 2 aromatic carbocycles. The van der Waals surface area contributed by atoms with Gasteiger partial charge >= 0.3 is 5.97 Å². The molecular weight excluding hydrogens is 354 g/mol. The molecule has 5 heteroatoms. The van der Waals surface area contributed by atoms with Crippen LogP contribution in [-0.4, -0.2) is 25.1 Å². The highest BCUT2D eigenvalue weighted by molar-refractivity contribution is 5.93. The third-order valence-corrected chi connectivity index (χ3v) is 4.36. The SMILES string of the molecule is CCOC(=O)c1ccc(NC(=O)CCCOc2ccc(C(C)C)c(C)c2)cc1. The number of carbonyl (C=O) groups excluding carboxylic acids is 2. The number of anilines is 1. The number of benzene rings is 2. The summed E-state index contributed by atoms with van der Waals surface area (Å²) in [7, 11) is 0. The average Bonchev–Trinajstić information content (AvgIpc) is 2.66. The van der Waals surface area contributed by atoms with Crippen LogP contribution in [0.2, 0.25) is 0 Å². The fourth-order valence-electron chi connectivity index (χ4n) is 2.94. The van der Waals surface area contributed by atoms with Crippen molar-refractivity contribution in [1.82, 2.24) is 0 Å². The Morgan fingerprint density at radius 1 is 1.07 bits per heavy atom. The molecule has 0 bridgehead atoms. The van der Waals surface area contributed by atoms with E-state index in [0.717, 1.165) is 5.75 Å². The summed E-state index contributed by atoms with van der Waals surface area (Å²) in [4.78, 5) is 23.7. The van der Waals surface area contributed by atoms with Crippen molar-refractivity contribution in [2.75, 3.05) is 18.5 Å². The standard InChI is InChI=1S/C23H29NO4/c1-5-27-23(26)18-8-10-19(11-9-18)24-22(25)7-6-14-28-20-12-13-21(16(2)3)17(4)15-20/h8-13,15-16H,5-7,14H2,1-4H3,(H,24,25). The molecule has 0 saturated heterocycles. The number of rotatable bonds is 9. The summed E-state index contributed by atoms with van der Waals surface area (Å²) in [5, 5.41) is 2.82. The Bertz CT molecular complexity index is 797. The summed E-state index contributed by atoms with van der Waals surface area (Å²) < 4.78 is 10.7. The first-order valence-corrected chi connectivity index (χ1v) is 9.71. The number of amides is 1. The zero-order chi connectivity index (χ0) is 20.5. The van der Waals surface area contributed by atoms with E-state index in [-0.39, 0.29) is 11.9 Å². The Balaban J connectivity index is 1.74. The largest absolute Gasteiger partial charge is 0.494 e. The number of nitrogens with one attached hydrogen (secondary N) is 1. The summed E-state index contributed by atoms with van der Waals surface area (Å²) in [6.07, 6.45) is 0.987. The number of esters is 1. The lowest BCUT2D eigenvalue weighted by atomic mass is 9.98. The number of carbonyl (C=O) groups is 2. The van der Waals surface area contributed by atoms with Crippen molar-refractivity contribution in [1.29, 1.82) is 0 Å². The molecule has 0 spiro atoms. The third kappa shape index (κ3) is 6.41. The van der Waals surface area contributed by atoms with Gasteiger partial charge in [-0.3, -0.25) is 4.79 Å². The molecule has 2 rings (SSSR count). The summed E-state index contributed by atoms with van der Waals surface area (Å²) in [5.41, 5.74) is 3.66. The van der Waals surface area contributed by atoms with Crippen molar-refractivity contribution < 1.29 is 19.1 Å². The van der Waals surface area contributed by atoms with Crippen LogP contribution in [0.5, 0.6) is 5.75 Å². The van der Waals surface area contributed by atoms with Crippen LogP contribution < -0.4 is 10.1 Å². The van der Waals surface area contributed by atoms with Gasteiger partial charge in [-0.1, -0.05) is 19.9 Å². The smallest absolute Gasteiger partial charge is 0.338 e. The molecule has 2 aromatic rings. The van der Waals surface area contributed by atoms with E-state index in [1.54, 1.807) is 31.2 Å². The summed E-state index contributed by atoms with van der Waals surface area (Å²) in [6, 6.07) is 12.8. The van der Waals surface area contributed by atoms with Crippen LogP contribution in [0.4, 0.5) is 5.69 Å². The predicted octanol–water partition coefficient (Wildman–Crippen LogP) is 5.09. The highest BCUT2D eigenvalue weighted by Gasteiger charge is 2.08. The molecule has 0 heterocycles. The monoisotopic (exact) mass is 383 g/mol. The molecule has 1 N–H and O–H groups in total. The lowest BCUT2D eigenvalue weighted by molar-refractivity contribution is -0.116. The van der Waals surface area contributed by atoms with Crippen LogP contribution in [0.15, 0.2) is 42.5 Å². The second-order valence-electron chi connectivity index (χ2n) is 6.97. The van der Waals surface area contributed by atoms with Crippen LogP contribution >= 0.6 is 0 Å². The van der Waals surface area contributed by atoms with Gasteiger partial charge < -0.3 is 14.8 Å². The van der Waals surface area contributed by atoms with Gasteiger partial charge in [0.1, 0.15) is 5.75 Å². The molecule has 0 atom stereocenters. The van der Waals surface area contributed by atoms with Gasteiger partial charge in [-0.25, -0.2) is 4.79 Å². The highest BCUT2D eigenvalue weighted by atomic mass is 16.5. The minimum atomic E-state index is -0.366. The van der Waals surface area contributed by atoms with Gasteiger partial charge in [-0.2, -0.15) is 0 Å². The molecule has 0 radical (unpaired) electrons. The molecule has 0 saturated carbocycles. The number of aryl methyl sites for hydroxylation is 1. The maximum absolute atomic E-state index is 12.1. The summed E-state index contributed by atoms with van der Waals surface area (Å²) in [6.45, 7) is 9.01. The van der Waals surface area contributed by atoms with E-state index >= 15 is 0 Å². The van der Waals surface area contributed by atoms with Gasteiger partial charge in [0.2, 0.25) is 5.91 Å². The average molecular weight is 383 g/mol. The molecule has 5 nitrogen and oxygen atoms in total. The molecular formula is C23H29NO4. The number of ether oxygens (including phenoxy) is 2. The Morgan fingerprint density at radius 3 is 2.39 bits per heavy atom. The van der Waals surface area contributed by atoms with E-state index in [4.69, 9.17) is 9.47 Å². The number of hydrogen-bond donors (Lipinski definition) is 1. The fraction of sp³-hybridized carbons (Fsp3) is 0.391. The normalized spacial score (nSPS) is 10.6. The molecule has 150 valence electrons. The molecule has 28 heavy (non-hydrogen) atoms. The van der Waals surface area contributed by atoms with Crippen molar-refractivity contribution >= 4 is 17.6 Å². The second kappa shape index (κ2) is 10.5. The maximum atomic E-state index is 12.1. The van der Waals surface area contributed by atoms with Gasteiger partial charge in [0.15, 0.2) is 0 Å². The first-order chi connectivity index (χ1) is 13.4. The lowest BCUT2D eigenvalue weighted by Crippen LogP contribution is -2.13. The van der Waals surface area contributed by atoms with Crippen molar-refractivity contribution in [3.8, 4) is 5.75 Å². The topological polar surface area (TPSA) is 64.6 Å². The highest BCUT2D eigenvalue weighted by Crippen LogP contribution is 2.23. The van der Waals surface area contributed by atoms with Gasteiger partial charge in [-0.05, 0) is 73.7 Å². The first kappa shape index (κ1) is 21.5. The van der Waals surface area contributed by atoms with E-state index in [1.807, 2.05) is 12.1 Å². The van der Waals surface area contributed by atoms with Gasteiger partial charge in [0, 0.05) is 12.1 Å². The third-order valence-electron chi connectivity index (χ3n) is 4.36. The van der Waals surface area contributed by atoms with Crippen LogP contribution in [0.3, 0.4) is 0 Å². The van der Waals surface area contributed by atoms with Crippen LogP contribution in [-0.2, 0) is 9.53 Å². The van der Waals surface area contributed by atoms with Crippen molar-refractivity contribution in [3.05, 3.63) is 59.2 Å². The summed E-state index contributed by atoms with van der Waals surface area (Å²) >= 11 is 0. The zero-order valence-electron chi connectivity index (χ0n) is 17.1. The van der Waals surface area contributed by atoms with Gasteiger partial charge in [0.25, 0.3) is 0 Å². The first-order valence-electron chi connectivity index (χ1n) is 9.71. The zero-order valence-corrected chi connectivity index (χ0v) is 17.1. The quantitative estimate of drug-likeness (QED) is 0.484. The maximum Gasteiger partial charge on any atom is 0.338 e. The van der Waals surface area contributed by atoms with Gasteiger partial charge in [-0.15, -0.1) is 0 Å². The predicted molar refractivity (Wildman–Crippen MR) is 111 cm³/mol. The minimum Gasteiger partial charge on any atom is -0.494 e. The fourth-order valence-corrected chi connectivity index (χ4v) is 2.94. The van der Waals surface area contributed by atoms with E-state index in [9.17, 15) is 9.59 Å². The van der Waals surface area contributed by atoms with Crippen LogP contribution in [0, 0.1) is 6.92 Å². The van der Waals surface area contributed by atoms with E-state index in [0.29, 0.717) is 43.2 Å². The minimum absolute atomic E-state index is 0.0844. The lowest BCUT2D eigenvalue weighted by Gasteiger charge is -2.12. The molecule has 1 amide bonds. The molecule has 0 fully saturated rings. The van der Waals surface area contributed by atoms with Crippen LogP contribution in [0.1, 0.15) is 61.0 Å². The second-order valence-corrected chi connectivity index (χ2v) is 6.97. The van der Waals surface area contributed by atoms with Crippen LogP contribution in [0.25, 0.3) is 0 Å². The van der Waals surface area contributed by atoms with E-state index in [2.05, 4.69) is 32.2 Å². The Hall–Kier alpha value is -2.82. The van der Waals surface area contributed by atoms with Crippen molar-refractivity contribution in [3.63, 3.8) is 0 Å². The molecule has 0 aliphatic heterocycles. The molecule has 0 aliphatic rings. The Morgan fingerprint density at radius 2 is 1.79 bits per heavy atom. The van der Waals surface area contributed by atoms with E-state index in [1.165, 1.54) is 11.1 Å². The van der Waals surface area contributed by atoms with Gasteiger partial charge in [0.05, 0.1) is 18.8 Å².